The molecule has 4 atom stereocenters. The minimum absolute atomic E-state index is 0.252. The molecule has 0 heterocycles. The van der Waals surface area contributed by atoms with Gasteiger partial charge in [0.25, 0.3) is 0 Å². The fraction of sp³-hybridized carbons (Fsp3) is 0.655. The number of rotatable bonds is 6. The summed E-state index contributed by atoms with van der Waals surface area (Å²) in [6, 6.07) is 0. The van der Waals surface area contributed by atoms with Crippen LogP contribution in [0.1, 0.15) is 85.5 Å². The highest BCUT2D eigenvalue weighted by Crippen LogP contribution is 2.55. The third-order valence-corrected chi connectivity index (χ3v) is 9.43. The van der Waals surface area contributed by atoms with E-state index in [-0.39, 0.29) is 11.8 Å². The summed E-state index contributed by atoms with van der Waals surface area (Å²) in [5.74, 6) is 6.96. The Labute approximate surface area is 205 Å². The Morgan fingerprint density at radius 1 is 1.27 bits per heavy atom. The monoisotopic (exact) mass is 470 g/mol. The Bertz CT molecular complexity index is 898. The van der Waals surface area contributed by atoms with Gasteiger partial charge in [0.2, 0.25) is 0 Å². The molecular formula is C29H42O3S. The van der Waals surface area contributed by atoms with Crippen molar-refractivity contribution in [2.24, 2.45) is 11.3 Å². The van der Waals surface area contributed by atoms with E-state index in [4.69, 9.17) is 0 Å². The lowest BCUT2D eigenvalue weighted by atomic mass is 9.64. The molecule has 0 aromatic carbocycles. The Morgan fingerprint density at radius 3 is 2.67 bits per heavy atom. The van der Waals surface area contributed by atoms with Gasteiger partial charge in [-0.2, -0.15) is 0 Å². The van der Waals surface area contributed by atoms with Crippen molar-refractivity contribution in [3.05, 3.63) is 47.1 Å². The van der Waals surface area contributed by atoms with Crippen LogP contribution in [-0.2, 0) is 0 Å². The molecule has 182 valence electrons. The lowest BCUT2D eigenvalue weighted by Gasteiger charge is -2.41. The highest BCUT2D eigenvalue weighted by atomic mass is 32.2. The third kappa shape index (κ3) is 5.70. The molecule has 0 unspecified atom stereocenters. The van der Waals surface area contributed by atoms with Gasteiger partial charge in [-0.25, -0.2) is 0 Å². The van der Waals surface area contributed by atoms with Crippen LogP contribution in [0.3, 0.4) is 0 Å². The Kier molecular flexibility index (Phi) is 8.44. The van der Waals surface area contributed by atoms with Gasteiger partial charge in [0.1, 0.15) is 10.5 Å². The molecule has 0 saturated heterocycles. The van der Waals surface area contributed by atoms with Crippen LogP contribution in [-0.4, -0.2) is 37.7 Å². The van der Waals surface area contributed by atoms with E-state index < -0.39 is 16.6 Å². The van der Waals surface area contributed by atoms with Gasteiger partial charge in [-0.1, -0.05) is 75.5 Å². The quantitative estimate of drug-likeness (QED) is 0.250. The summed E-state index contributed by atoms with van der Waals surface area (Å²) in [5, 5.41) is 32.2. The number of hydrogen-bond donors (Lipinski definition) is 3. The van der Waals surface area contributed by atoms with E-state index in [2.05, 4.69) is 50.5 Å². The Morgan fingerprint density at radius 2 is 2.00 bits per heavy atom. The first kappa shape index (κ1) is 26.4. The average Bonchev–Trinajstić information content (AvgIpc) is 3.14. The summed E-state index contributed by atoms with van der Waals surface area (Å²) in [7, 11) is 0. The molecule has 3 rings (SSSR count). The highest BCUT2D eigenvalue weighted by Gasteiger charge is 2.44. The Balaban J connectivity index is 1.74. The molecule has 3 aliphatic carbocycles. The zero-order valence-electron chi connectivity index (χ0n) is 20.9. The van der Waals surface area contributed by atoms with E-state index in [9.17, 15) is 15.3 Å². The minimum atomic E-state index is -1.08. The van der Waals surface area contributed by atoms with Crippen molar-refractivity contribution in [1.29, 1.82) is 0 Å². The van der Waals surface area contributed by atoms with Crippen molar-refractivity contribution in [3.8, 4) is 11.8 Å². The van der Waals surface area contributed by atoms with Crippen LogP contribution in [0, 0.1) is 23.2 Å². The van der Waals surface area contributed by atoms with Crippen molar-refractivity contribution in [1.82, 2.24) is 0 Å². The summed E-state index contributed by atoms with van der Waals surface area (Å²) in [4.78, 5) is -1.08. The molecule has 4 heteroatoms. The maximum atomic E-state index is 11.2. The zero-order chi connectivity index (χ0) is 24.3. The second-order valence-electron chi connectivity index (χ2n) is 10.3. The fourth-order valence-corrected chi connectivity index (χ4v) is 6.80. The maximum absolute atomic E-state index is 11.2. The van der Waals surface area contributed by atoms with Gasteiger partial charge in [-0.05, 0) is 67.4 Å². The van der Waals surface area contributed by atoms with Gasteiger partial charge < -0.3 is 15.3 Å². The number of allylic oxidation sites excluding steroid dienone is 5. The van der Waals surface area contributed by atoms with Crippen LogP contribution in [0.4, 0.5) is 0 Å². The molecule has 0 radical (unpaired) electrons. The molecule has 3 aliphatic rings. The summed E-state index contributed by atoms with van der Waals surface area (Å²) in [6.45, 7) is 12.7. The first-order valence-electron chi connectivity index (χ1n) is 12.6. The first-order valence-corrected chi connectivity index (χ1v) is 13.6. The van der Waals surface area contributed by atoms with E-state index in [0.717, 1.165) is 24.8 Å². The van der Waals surface area contributed by atoms with Crippen LogP contribution in [0.2, 0.25) is 0 Å². The molecular weight excluding hydrogens is 428 g/mol. The minimum Gasteiger partial charge on any atom is -0.388 e. The molecule has 0 aromatic rings. The number of hydrogen-bond acceptors (Lipinski definition) is 4. The van der Waals surface area contributed by atoms with Gasteiger partial charge in [-0.15, -0.1) is 11.8 Å². The van der Waals surface area contributed by atoms with Crippen molar-refractivity contribution in [3.63, 3.8) is 0 Å². The topological polar surface area (TPSA) is 60.7 Å². The normalized spacial score (nSPS) is 34.8. The molecule has 3 nitrogen and oxygen atoms in total. The lowest BCUT2D eigenvalue weighted by Crippen LogP contribution is -2.37. The highest BCUT2D eigenvalue weighted by molar-refractivity contribution is 8.00. The van der Waals surface area contributed by atoms with Crippen LogP contribution >= 0.6 is 11.8 Å². The number of aliphatic hydroxyl groups is 3. The molecule has 2 saturated carbocycles. The van der Waals surface area contributed by atoms with E-state index in [1.54, 1.807) is 5.57 Å². The van der Waals surface area contributed by atoms with Gasteiger partial charge in [0.05, 0.1) is 11.9 Å². The van der Waals surface area contributed by atoms with Crippen LogP contribution in [0.25, 0.3) is 0 Å². The van der Waals surface area contributed by atoms with E-state index in [0.29, 0.717) is 36.5 Å². The van der Waals surface area contributed by atoms with Crippen molar-refractivity contribution in [2.75, 3.05) is 5.75 Å². The third-order valence-electron chi connectivity index (χ3n) is 8.29. The standard InChI is InChI=1S/C29H42O3S/c1-6-24-14-15-25-22(11-9-16-27(24,25)5)12-13-23-19-29(32,20-26(30)21(23)4)33-18-10-17-28(31,7-2)8-3/h12-14,25-26,30-32H,4,6-9,11,15-16,18-20H2,1-3,5H3/t25-,26+,27-,29+/m1/s1. The van der Waals surface area contributed by atoms with Crippen molar-refractivity contribution in [2.45, 2.75) is 102 Å². The first-order chi connectivity index (χ1) is 15.6. The van der Waals surface area contributed by atoms with Gasteiger partial charge in [-0.3, -0.25) is 0 Å². The summed E-state index contributed by atoms with van der Waals surface area (Å²) < 4.78 is 0. The molecule has 0 aromatic heterocycles. The predicted octanol–water partition coefficient (Wildman–Crippen LogP) is 6.07. The molecule has 0 bridgehead atoms. The number of thioether (sulfide) groups is 1. The summed E-state index contributed by atoms with van der Waals surface area (Å²) in [5.41, 5.74) is 4.07. The molecule has 0 amide bonds. The van der Waals surface area contributed by atoms with Gasteiger partial charge in [0.15, 0.2) is 0 Å². The smallest absolute Gasteiger partial charge is 0.125 e. The number of aliphatic hydroxyl groups excluding tert-OH is 1. The predicted molar refractivity (Wildman–Crippen MR) is 140 cm³/mol. The fourth-order valence-electron chi connectivity index (χ4n) is 5.86. The van der Waals surface area contributed by atoms with E-state index >= 15 is 0 Å². The maximum Gasteiger partial charge on any atom is 0.125 e. The van der Waals surface area contributed by atoms with Gasteiger partial charge >= 0.3 is 0 Å². The lowest BCUT2D eigenvalue weighted by molar-refractivity contribution is 0.0609. The van der Waals surface area contributed by atoms with Gasteiger partial charge in [0, 0.05) is 12.8 Å². The molecule has 33 heavy (non-hydrogen) atoms. The average molecular weight is 471 g/mol. The van der Waals surface area contributed by atoms with Crippen molar-refractivity contribution >= 4 is 11.8 Å². The van der Waals surface area contributed by atoms with Crippen molar-refractivity contribution < 1.29 is 15.3 Å². The second-order valence-corrected chi connectivity index (χ2v) is 11.6. The summed E-state index contributed by atoms with van der Waals surface area (Å²) >= 11 is 1.35. The molecule has 0 aliphatic heterocycles. The van der Waals surface area contributed by atoms with Crippen LogP contribution in [0.15, 0.2) is 47.1 Å². The zero-order valence-corrected chi connectivity index (χ0v) is 21.7. The molecule has 0 spiro atoms. The molecule has 3 N–H and O–H groups in total. The summed E-state index contributed by atoms with van der Waals surface area (Å²) in [6.07, 6.45) is 13.8. The van der Waals surface area contributed by atoms with Crippen LogP contribution in [0.5, 0.6) is 0 Å². The number of fused-ring (bicyclic) bond motifs is 1. The largest absolute Gasteiger partial charge is 0.388 e. The van der Waals surface area contributed by atoms with E-state index in [1.807, 2.05) is 13.8 Å². The second kappa shape index (κ2) is 10.6. The Hall–Kier alpha value is -1.25. The SMILES string of the molecule is C=C1C(=CC=C2CCC[C@]3(C)C(CC)=CC[C@H]23)C[C@](O)(SCC#CC(O)(CC)CC)C[C@@H]1O. The molecule has 2 fully saturated rings. The van der Waals surface area contributed by atoms with E-state index in [1.165, 1.54) is 30.2 Å². The van der Waals surface area contributed by atoms with Crippen LogP contribution < -0.4 is 0 Å².